The Bertz CT molecular complexity index is 335. The normalized spacial score (nSPS) is 10.5. The van der Waals surface area contributed by atoms with Gasteiger partial charge in [0.15, 0.2) is 5.78 Å². The standard InChI is InChI=1S/C13H17BrO3/c1-2-7-16-8-9-17-10-13(15)11-3-5-12(14)6-4-11/h3-6H,2,7-10H2,1H3. The van der Waals surface area contributed by atoms with Crippen LogP contribution in [0.3, 0.4) is 0 Å². The summed E-state index contributed by atoms with van der Waals surface area (Å²) in [6, 6.07) is 7.25. The quantitative estimate of drug-likeness (QED) is 0.547. The number of carbonyl (C=O) groups is 1. The molecule has 0 amide bonds. The molecule has 1 aromatic rings. The molecule has 0 unspecified atom stereocenters. The molecule has 94 valence electrons. The number of ketones is 1. The molecule has 0 N–H and O–H groups in total. The third kappa shape index (κ3) is 5.96. The van der Waals surface area contributed by atoms with Gasteiger partial charge < -0.3 is 9.47 Å². The molecule has 0 aliphatic rings. The predicted molar refractivity (Wildman–Crippen MR) is 70.4 cm³/mol. The van der Waals surface area contributed by atoms with Gasteiger partial charge in [0.05, 0.1) is 13.2 Å². The zero-order chi connectivity index (χ0) is 12.5. The van der Waals surface area contributed by atoms with Crippen molar-refractivity contribution in [2.75, 3.05) is 26.4 Å². The lowest BCUT2D eigenvalue weighted by Crippen LogP contribution is -2.12. The maximum atomic E-state index is 11.7. The molecule has 0 saturated heterocycles. The van der Waals surface area contributed by atoms with Crippen molar-refractivity contribution in [3.05, 3.63) is 34.3 Å². The summed E-state index contributed by atoms with van der Waals surface area (Å²) < 4.78 is 11.4. The third-order valence-corrected chi connectivity index (χ3v) is 2.65. The number of halogens is 1. The second kappa shape index (κ2) is 8.39. The summed E-state index contributed by atoms with van der Waals surface area (Å²) in [7, 11) is 0. The van der Waals surface area contributed by atoms with Gasteiger partial charge in [-0.15, -0.1) is 0 Å². The van der Waals surface area contributed by atoms with Crippen LogP contribution in [0.1, 0.15) is 23.7 Å². The van der Waals surface area contributed by atoms with Crippen molar-refractivity contribution in [3.63, 3.8) is 0 Å². The van der Waals surface area contributed by atoms with Crippen LogP contribution in [0.15, 0.2) is 28.7 Å². The second-order valence-electron chi connectivity index (χ2n) is 3.60. The highest BCUT2D eigenvalue weighted by atomic mass is 79.9. The van der Waals surface area contributed by atoms with E-state index in [1.807, 2.05) is 12.1 Å². The van der Waals surface area contributed by atoms with Gasteiger partial charge in [0, 0.05) is 16.6 Å². The zero-order valence-corrected chi connectivity index (χ0v) is 11.5. The SMILES string of the molecule is CCCOCCOCC(=O)c1ccc(Br)cc1. The highest BCUT2D eigenvalue weighted by Gasteiger charge is 2.05. The Labute approximate surface area is 110 Å². The smallest absolute Gasteiger partial charge is 0.188 e. The number of benzene rings is 1. The third-order valence-electron chi connectivity index (χ3n) is 2.12. The van der Waals surface area contributed by atoms with Crippen LogP contribution in [0, 0.1) is 0 Å². The molecule has 0 aliphatic carbocycles. The first-order valence-electron chi connectivity index (χ1n) is 5.68. The molecule has 1 aromatic carbocycles. The summed E-state index contributed by atoms with van der Waals surface area (Å²) in [5, 5.41) is 0. The lowest BCUT2D eigenvalue weighted by molar-refractivity contribution is 0.0441. The van der Waals surface area contributed by atoms with E-state index in [1.54, 1.807) is 12.1 Å². The van der Waals surface area contributed by atoms with Crippen LogP contribution in [-0.2, 0) is 9.47 Å². The first kappa shape index (κ1) is 14.4. The van der Waals surface area contributed by atoms with E-state index in [2.05, 4.69) is 22.9 Å². The Kier molecular flexibility index (Phi) is 7.08. The Morgan fingerprint density at radius 2 is 1.76 bits per heavy atom. The number of hydrogen-bond donors (Lipinski definition) is 0. The van der Waals surface area contributed by atoms with Gasteiger partial charge in [0.2, 0.25) is 0 Å². The lowest BCUT2D eigenvalue weighted by atomic mass is 10.1. The van der Waals surface area contributed by atoms with Crippen LogP contribution in [0.4, 0.5) is 0 Å². The van der Waals surface area contributed by atoms with Crippen LogP contribution in [0.5, 0.6) is 0 Å². The van der Waals surface area contributed by atoms with E-state index in [-0.39, 0.29) is 12.4 Å². The fraction of sp³-hybridized carbons (Fsp3) is 0.462. The summed E-state index contributed by atoms with van der Waals surface area (Å²) in [6.45, 7) is 3.91. The van der Waals surface area contributed by atoms with E-state index in [0.29, 0.717) is 18.8 Å². The summed E-state index contributed by atoms with van der Waals surface area (Å²) in [5.41, 5.74) is 0.669. The molecule has 1 rings (SSSR count). The number of rotatable bonds is 8. The van der Waals surface area contributed by atoms with E-state index < -0.39 is 0 Å². The van der Waals surface area contributed by atoms with Crippen LogP contribution in [0.2, 0.25) is 0 Å². The minimum atomic E-state index is -0.00649. The van der Waals surface area contributed by atoms with Gasteiger partial charge in [-0.05, 0) is 18.6 Å². The Morgan fingerprint density at radius 3 is 2.41 bits per heavy atom. The number of carbonyl (C=O) groups excluding carboxylic acids is 1. The van der Waals surface area contributed by atoms with E-state index in [1.165, 1.54) is 0 Å². The van der Waals surface area contributed by atoms with Crippen LogP contribution in [0.25, 0.3) is 0 Å². The first-order chi connectivity index (χ1) is 8.24. The predicted octanol–water partition coefficient (Wildman–Crippen LogP) is 3.08. The van der Waals surface area contributed by atoms with Crippen LogP contribution < -0.4 is 0 Å². The number of ether oxygens (including phenoxy) is 2. The Morgan fingerprint density at radius 1 is 1.12 bits per heavy atom. The molecule has 17 heavy (non-hydrogen) atoms. The molecule has 0 radical (unpaired) electrons. The van der Waals surface area contributed by atoms with Gasteiger partial charge in [-0.1, -0.05) is 35.0 Å². The Hall–Kier alpha value is -0.710. The highest BCUT2D eigenvalue weighted by molar-refractivity contribution is 9.10. The minimum absolute atomic E-state index is 0.00649. The van der Waals surface area contributed by atoms with E-state index in [4.69, 9.17) is 9.47 Å². The topological polar surface area (TPSA) is 35.5 Å². The molecule has 4 heteroatoms. The number of Topliss-reactive ketones (excluding diaryl/α,β-unsaturated/α-hetero) is 1. The molecule has 0 saturated carbocycles. The summed E-state index contributed by atoms with van der Waals surface area (Å²) in [4.78, 5) is 11.7. The zero-order valence-electron chi connectivity index (χ0n) is 9.95. The molecule has 0 bridgehead atoms. The molecule has 0 spiro atoms. The second-order valence-corrected chi connectivity index (χ2v) is 4.51. The average molecular weight is 301 g/mol. The summed E-state index contributed by atoms with van der Waals surface area (Å²) in [5.74, 6) is -0.00649. The maximum absolute atomic E-state index is 11.7. The van der Waals surface area contributed by atoms with E-state index >= 15 is 0 Å². The molecule has 0 aliphatic heterocycles. The molecular formula is C13H17BrO3. The van der Waals surface area contributed by atoms with Crippen molar-refractivity contribution in [3.8, 4) is 0 Å². The van der Waals surface area contributed by atoms with Crippen molar-refractivity contribution in [2.45, 2.75) is 13.3 Å². The first-order valence-corrected chi connectivity index (χ1v) is 6.47. The summed E-state index contributed by atoms with van der Waals surface area (Å²) in [6.07, 6.45) is 0.998. The van der Waals surface area contributed by atoms with Crippen LogP contribution in [-0.4, -0.2) is 32.2 Å². The Balaban J connectivity index is 2.19. The lowest BCUT2D eigenvalue weighted by Gasteiger charge is -2.04. The fourth-order valence-electron chi connectivity index (χ4n) is 1.25. The molecule has 3 nitrogen and oxygen atoms in total. The van der Waals surface area contributed by atoms with Crippen LogP contribution >= 0.6 is 15.9 Å². The van der Waals surface area contributed by atoms with E-state index in [0.717, 1.165) is 17.5 Å². The fourth-order valence-corrected chi connectivity index (χ4v) is 1.51. The largest absolute Gasteiger partial charge is 0.379 e. The minimum Gasteiger partial charge on any atom is -0.379 e. The van der Waals surface area contributed by atoms with Gasteiger partial charge in [0.25, 0.3) is 0 Å². The molecule has 0 heterocycles. The van der Waals surface area contributed by atoms with Crippen molar-refractivity contribution in [2.24, 2.45) is 0 Å². The molecule has 0 atom stereocenters. The average Bonchev–Trinajstić information content (AvgIpc) is 2.34. The van der Waals surface area contributed by atoms with Gasteiger partial charge in [-0.25, -0.2) is 0 Å². The molecular weight excluding hydrogens is 284 g/mol. The van der Waals surface area contributed by atoms with Crippen molar-refractivity contribution >= 4 is 21.7 Å². The van der Waals surface area contributed by atoms with Gasteiger partial charge in [-0.3, -0.25) is 4.79 Å². The highest BCUT2D eigenvalue weighted by Crippen LogP contribution is 2.10. The van der Waals surface area contributed by atoms with Gasteiger partial charge in [0.1, 0.15) is 6.61 Å². The van der Waals surface area contributed by atoms with Gasteiger partial charge in [-0.2, -0.15) is 0 Å². The number of hydrogen-bond acceptors (Lipinski definition) is 3. The van der Waals surface area contributed by atoms with Crippen molar-refractivity contribution in [1.29, 1.82) is 0 Å². The monoisotopic (exact) mass is 300 g/mol. The maximum Gasteiger partial charge on any atom is 0.188 e. The molecule has 0 aromatic heterocycles. The van der Waals surface area contributed by atoms with Crippen molar-refractivity contribution < 1.29 is 14.3 Å². The van der Waals surface area contributed by atoms with Crippen molar-refractivity contribution in [1.82, 2.24) is 0 Å². The van der Waals surface area contributed by atoms with Gasteiger partial charge >= 0.3 is 0 Å². The summed E-state index contributed by atoms with van der Waals surface area (Å²) >= 11 is 3.32. The molecule has 0 fully saturated rings. The van der Waals surface area contributed by atoms with E-state index in [9.17, 15) is 4.79 Å².